The molecule has 1 N–H and O–H groups in total. The van der Waals surface area contributed by atoms with Crippen molar-refractivity contribution in [2.45, 2.75) is 24.2 Å². The number of rotatable bonds is 8. The van der Waals surface area contributed by atoms with Gasteiger partial charge in [0.15, 0.2) is 0 Å². The van der Waals surface area contributed by atoms with E-state index in [2.05, 4.69) is 5.32 Å². The molecule has 8 heteroatoms. The fourth-order valence-corrected chi connectivity index (χ4v) is 4.45. The normalized spacial score (nSPS) is 16.6. The summed E-state index contributed by atoms with van der Waals surface area (Å²) in [7, 11) is -1.45. The first-order chi connectivity index (χ1) is 11.9. The van der Waals surface area contributed by atoms with Crippen molar-refractivity contribution in [1.82, 2.24) is 9.62 Å². The molecule has 1 aromatic carbocycles. The number of carbonyl (C=O) groups excluding carboxylic acids is 1. The highest BCUT2D eigenvalue weighted by Gasteiger charge is 2.24. The third kappa shape index (κ3) is 6.87. The zero-order chi connectivity index (χ0) is 18.3. The second-order valence-electron chi connectivity index (χ2n) is 6.18. The van der Waals surface area contributed by atoms with Crippen molar-refractivity contribution in [2.24, 2.45) is 5.92 Å². The Balaban J connectivity index is 1.61. The largest absolute Gasteiger partial charge is 0.497 e. The van der Waals surface area contributed by atoms with Gasteiger partial charge < -0.3 is 10.1 Å². The van der Waals surface area contributed by atoms with Crippen molar-refractivity contribution < 1.29 is 17.9 Å². The topological polar surface area (TPSA) is 75.7 Å². The Morgan fingerprint density at radius 2 is 1.92 bits per heavy atom. The quantitative estimate of drug-likeness (QED) is 0.691. The summed E-state index contributed by atoms with van der Waals surface area (Å²) in [5.74, 6) is 1.96. The van der Waals surface area contributed by atoms with E-state index in [0.717, 1.165) is 29.2 Å². The van der Waals surface area contributed by atoms with E-state index in [-0.39, 0.29) is 5.91 Å². The minimum Gasteiger partial charge on any atom is -0.497 e. The molecule has 25 heavy (non-hydrogen) atoms. The molecule has 0 aliphatic carbocycles. The van der Waals surface area contributed by atoms with Crippen LogP contribution in [-0.2, 0) is 14.8 Å². The smallest absolute Gasteiger partial charge is 0.220 e. The van der Waals surface area contributed by atoms with Crippen molar-refractivity contribution in [3.8, 4) is 5.75 Å². The minimum atomic E-state index is -3.09. The summed E-state index contributed by atoms with van der Waals surface area (Å²) in [5, 5.41) is 2.97. The summed E-state index contributed by atoms with van der Waals surface area (Å²) in [6, 6.07) is 7.78. The van der Waals surface area contributed by atoms with E-state index in [1.165, 1.54) is 10.6 Å². The number of nitrogens with one attached hydrogen (secondary N) is 1. The maximum absolute atomic E-state index is 11.9. The van der Waals surface area contributed by atoms with Crippen LogP contribution in [0.2, 0.25) is 0 Å². The SMILES string of the molecule is COc1ccc(SCCC(=O)NCC2CCN(S(C)(=O)=O)CC2)cc1. The molecule has 0 aromatic heterocycles. The van der Waals surface area contributed by atoms with Crippen LogP contribution in [0.3, 0.4) is 0 Å². The van der Waals surface area contributed by atoms with Gasteiger partial charge in [0.1, 0.15) is 5.75 Å². The van der Waals surface area contributed by atoms with Gasteiger partial charge in [0, 0.05) is 36.7 Å². The van der Waals surface area contributed by atoms with Gasteiger partial charge >= 0.3 is 0 Å². The second kappa shape index (κ2) is 9.45. The number of piperidine rings is 1. The molecule has 1 amide bonds. The highest BCUT2D eigenvalue weighted by atomic mass is 32.2. The third-order valence-corrected chi connectivity index (χ3v) is 6.60. The molecule has 0 atom stereocenters. The molecule has 0 radical (unpaired) electrons. The Bertz CT molecular complexity index is 654. The Morgan fingerprint density at radius 1 is 1.28 bits per heavy atom. The number of hydrogen-bond donors (Lipinski definition) is 1. The number of thioether (sulfide) groups is 1. The number of ether oxygens (including phenoxy) is 1. The predicted molar refractivity (Wildman–Crippen MR) is 100 cm³/mol. The molecule has 0 spiro atoms. The van der Waals surface area contributed by atoms with Gasteiger partial charge in [-0.25, -0.2) is 12.7 Å². The predicted octanol–water partition coefficient (Wildman–Crippen LogP) is 1.97. The average molecular weight is 387 g/mol. The number of carbonyl (C=O) groups is 1. The number of sulfonamides is 1. The Kier molecular flexibility index (Phi) is 7.58. The molecule has 1 aliphatic rings. The molecule has 0 saturated carbocycles. The summed E-state index contributed by atoms with van der Waals surface area (Å²) >= 11 is 1.64. The van der Waals surface area contributed by atoms with E-state index in [1.807, 2.05) is 24.3 Å². The summed E-state index contributed by atoms with van der Waals surface area (Å²) in [6.45, 7) is 1.73. The van der Waals surface area contributed by atoms with Gasteiger partial charge in [-0.2, -0.15) is 0 Å². The van der Waals surface area contributed by atoms with Crippen LogP contribution in [0.1, 0.15) is 19.3 Å². The van der Waals surface area contributed by atoms with Crippen LogP contribution in [0, 0.1) is 5.92 Å². The molecule has 1 heterocycles. The van der Waals surface area contributed by atoms with Crippen LogP contribution in [-0.4, -0.2) is 57.4 Å². The van der Waals surface area contributed by atoms with Gasteiger partial charge in [0.25, 0.3) is 0 Å². The van der Waals surface area contributed by atoms with Gasteiger partial charge in [-0.3, -0.25) is 4.79 Å². The van der Waals surface area contributed by atoms with Crippen molar-refractivity contribution in [2.75, 3.05) is 38.8 Å². The molecular weight excluding hydrogens is 360 g/mol. The van der Waals surface area contributed by atoms with Crippen LogP contribution in [0.15, 0.2) is 29.2 Å². The second-order valence-corrected chi connectivity index (χ2v) is 9.33. The van der Waals surface area contributed by atoms with Gasteiger partial charge in [-0.05, 0) is 43.0 Å². The molecule has 6 nitrogen and oxygen atoms in total. The van der Waals surface area contributed by atoms with Crippen LogP contribution in [0.25, 0.3) is 0 Å². The van der Waals surface area contributed by atoms with E-state index in [0.29, 0.717) is 32.0 Å². The van der Waals surface area contributed by atoms with Crippen LogP contribution in [0.4, 0.5) is 0 Å². The molecule has 140 valence electrons. The van der Waals surface area contributed by atoms with Crippen molar-refractivity contribution in [1.29, 1.82) is 0 Å². The molecule has 1 aliphatic heterocycles. The van der Waals surface area contributed by atoms with E-state index in [4.69, 9.17) is 4.74 Å². The Hall–Kier alpha value is -1.25. The van der Waals surface area contributed by atoms with Crippen LogP contribution in [0.5, 0.6) is 5.75 Å². The maximum atomic E-state index is 11.9. The zero-order valence-electron chi connectivity index (χ0n) is 14.7. The Labute approximate surface area is 154 Å². The first-order valence-corrected chi connectivity index (χ1v) is 11.2. The molecule has 2 rings (SSSR count). The summed E-state index contributed by atoms with van der Waals surface area (Å²) in [5.41, 5.74) is 0. The molecule has 1 saturated heterocycles. The number of hydrogen-bond acceptors (Lipinski definition) is 5. The lowest BCUT2D eigenvalue weighted by Crippen LogP contribution is -2.41. The average Bonchev–Trinajstić information content (AvgIpc) is 2.60. The lowest BCUT2D eigenvalue weighted by Gasteiger charge is -2.30. The fourth-order valence-electron chi connectivity index (χ4n) is 2.73. The summed E-state index contributed by atoms with van der Waals surface area (Å²) in [4.78, 5) is 13.1. The number of nitrogens with zero attached hydrogens (tertiary/aromatic N) is 1. The minimum absolute atomic E-state index is 0.0477. The maximum Gasteiger partial charge on any atom is 0.220 e. The van der Waals surface area contributed by atoms with Gasteiger partial charge in [0.2, 0.25) is 15.9 Å². The van der Waals surface area contributed by atoms with Crippen LogP contribution >= 0.6 is 11.8 Å². The molecule has 0 unspecified atom stereocenters. The molecule has 1 aromatic rings. The first-order valence-electron chi connectivity index (χ1n) is 8.37. The third-order valence-electron chi connectivity index (χ3n) is 4.29. The summed E-state index contributed by atoms with van der Waals surface area (Å²) < 4.78 is 29.6. The number of methoxy groups -OCH3 is 1. The first kappa shape index (κ1) is 20.1. The lowest BCUT2D eigenvalue weighted by molar-refractivity contribution is -0.120. The molecular formula is C17H26N2O4S2. The van der Waals surface area contributed by atoms with E-state index < -0.39 is 10.0 Å². The van der Waals surface area contributed by atoms with Gasteiger partial charge in [-0.15, -0.1) is 11.8 Å². The van der Waals surface area contributed by atoms with Gasteiger partial charge in [0.05, 0.1) is 13.4 Å². The van der Waals surface area contributed by atoms with Crippen molar-refractivity contribution in [3.05, 3.63) is 24.3 Å². The van der Waals surface area contributed by atoms with Crippen molar-refractivity contribution in [3.63, 3.8) is 0 Å². The zero-order valence-corrected chi connectivity index (χ0v) is 16.4. The highest BCUT2D eigenvalue weighted by Crippen LogP contribution is 2.22. The summed E-state index contributed by atoms with van der Waals surface area (Å²) in [6.07, 6.45) is 3.32. The van der Waals surface area contributed by atoms with Gasteiger partial charge in [-0.1, -0.05) is 0 Å². The fraction of sp³-hybridized carbons (Fsp3) is 0.588. The van der Waals surface area contributed by atoms with Crippen molar-refractivity contribution >= 4 is 27.7 Å². The highest BCUT2D eigenvalue weighted by molar-refractivity contribution is 7.99. The Morgan fingerprint density at radius 3 is 2.48 bits per heavy atom. The lowest BCUT2D eigenvalue weighted by atomic mass is 9.98. The van der Waals surface area contributed by atoms with E-state index in [1.54, 1.807) is 18.9 Å². The van der Waals surface area contributed by atoms with E-state index in [9.17, 15) is 13.2 Å². The standard InChI is InChI=1S/C17H26N2O4S2/c1-23-15-3-5-16(6-4-15)24-12-9-17(20)18-13-14-7-10-19(11-8-14)25(2,21)22/h3-6,14H,7-13H2,1-2H3,(H,18,20). The molecule has 1 fully saturated rings. The van der Waals surface area contributed by atoms with E-state index >= 15 is 0 Å². The number of benzene rings is 1. The number of amides is 1. The monoisotopic (exact) mass is 386 g/mol. The van der Waals surface area contributed by atoms with Crippen LogP contribution < -0.4 is 10.1 Å². The molecule has 0 bridgehead atoms.